The lowest BCUT2D eigenvalue weighted by Crippen LogP contribution is -2.37. The second kappa shape index (κ2) is 30.5. The van der Waals surface area contributed by atoms with E-state index in [9.17, 15) is 0 Å². The molecular formula is C85H92Si. The second-order valence-corrected chi connectivity index (χ2v) is 30.3. The third-order valence-electron chi connectivity index (χ3n) is 16.0. The molecule has 0 aliphatic carbocycles. The zero-order valence-corrected chi connectivity index (χ0v) is 55.4. The molecule has 86 heavy (non-hydrogen) atoms. The van der Waals surface area contributed by atoms with Crippen LogP contribution in [0.5, 0.6) is 0 Å². The number of hydrogen-bond acceptors (Lipinski definition) is 0. The first-order valence-electron chi connectivity index (χ1n) is 30.6. The summed E-state index contributed by atoms with van der Waals surface area (Å²) >= 11 is 0. The van der Waals surface area contributed by atoms with Gasteiger partial charge in [0.05, 0.1) is 8.07 Å². The van der Waals surface area contributed by atoms with E-state index in [0.717, 1.165) is 0 Å². The van der Waals surface area contributed by atoms with Crippen molar-refractivity contribution < 1.29 is 0 Å². The minimum Gasteiger partial charge on any atom is -0.0656 e. The van der Waals surface area contributed by atoms with Gasteiger partial charge in [0.25, 0.3) is 0 Å². The molecule has 0 saturated carbocycles. The predicted molar refractivity (Wildman–Crippen MR) is 387 cm³/mol. The van der Waals surface area contributed by atoms with Gasteiger partial charge >= 0.3 is 0 Å². The van der Waals surface area contributed by atoms with Crippen LogP contribution in [0.2, 0.25) is 19.6 Å². The summed E-state index contributed by atoms with van der Waals surface area (Å²) in [6, 6.07) is 94.8. The van der Waals surface area contributed by atoms with Gasteiger partial charge in [0.2, 0.25) is 0 Å². The summed E-state index contributed by atoms with van der Waals surface area (Å²) in [5, 5.41) is 14.9. The Balaban J connectivity index is 0.000000144. The van der Waals surface area contributed by atoms with E-state index in [-0.39, 0.29) is 5.41 Å². The first-order valence-corrected chi connectivity index (χ1v) is 34.1. The third kappa shape index (κ3) is 18.4. The molecule has 436 valence electrons. The molecule has 0 saturated heterocycles. The number of aryl methyl sites for hydroxylation is 9. The highest BCUT2D eigenvalue weighted by molar-refractivity contribution is 6.88. The van der Waals surface area contributed by atoms with Gasteiger partial charge in [-0.25, -0.2) is 0 Å². The van der Waals surface area contributed by atoms with E-state index in [4.69, 9.17) is 0 Å². The Hall–Kier alpha value is -8.62. The van der Waals surface area contributed by atoms with Gasteiger partial charge < -0.3 is 0 Å². The summed E-state index contributed by atoms with van der Waals surface area (Å²) in [5.74, 6) is 0. The Morgan fingerprint density at radius 1 is 0.256 bits per heavy atom. The minimum atomic E-state index is -1.06. The van der Waals surface area contributed by atoms with Crippen LogP contribution in [0.25, 0.3) is 65.0 Å². The van der Waals surface area contributed by atoms with E-state index < -0.39 is 8.07 Å². The van der Waals surface area contributed by atoms with Crippen molar-refractivity contribution in [3.05, 3.63) is 328 Å². The molecule has 0 spiro atoms. The third-order valence-corrected chi connectivity index (χ3v) is 18.1. The molecule has 13 aromatic carbocycles. The highest BCUT2D eigenvalue weighted by Crippen LogP contribution is 2.29. The summed E-state index contributed by atoms with van der Waals surface area (Å²) in [4.78, 5) is 0. The van der Waals surface area contributed by atoms with Crippen LogP contribution in [0, 0.1) is 69.2 Å². The largest absolute Gasteiger partial charge is 0.0775 e. The number of hydrogen-bond donors (Lipinski definition) is 0. The predicted octanol–water partition coefficient (Wildman–Crippen LogP) is 24.2. The van der Waals surface area contributed by atoms with Crippen LogP contribution in [-0.2, 0) is 5.41 Å². The fourth-order valence-electron chi connectivity index (χ4n) is 10.6. The Labute approximate surface area is 518 Å². The average molecular weight is 1140 g/mol. The van der Waals surface area contributed by atoms with Gasteiger partial charge in [-0.1, -0.05) is 335 Å². The molecule has 0 unspecified atom stereocenters. The highest BCUT2D eigenvalue weighted by Gasteiger charge is 2.15. The van der Waals surface area contributed by atoms with Gasteiger partial charge in [-0.15, -0.1) is 0 Å². The van der Waals surface area contributed by atoms with Crippen molar-refractivity contribution in [3.63, 3.8) is 0 Å². The van der Waals surface area contributed by atoms with Gasteiger partial charge in [0.15, 0.2) is 0 Å². The molecule has 1 heteroatoms. The molecule has 0 aliphatic heterocycles. The van der Waals surface area contributed by atoms with E-state index in [0.29, 0.717) is 0 Å². The average Bonchev–Trinajstić information content (AvgIpc) is 3.20. The summed E-state index contributed by atoms with van der Waals surface area (Å²) in [6.07, 6.45) is 0. The van der Waals surface area contributed by atoms with Crippen molar-refractivity contribution in [2.24, 2.45) is 0 Å². The zero-order chi connectivity index (χ0) is 62.0. The molecule has 0 aliphatic rings. The maximum absolute atomic E-state index is 2.37. The molecule has 0 aromatic heterocycles. The van der Waals surface area contributed by atoms with Gasteiger partial charge in [-0.3, -0.25) is 0 Å². The summed E-state index contributed by atoms with van der Waals surface area (Å²) in [7, 11) is -1.06. The number of rotatable bonds is 2. The Bertz CT molecular complexity index is 4170. The lowest BCUT2D eigenvalue weighted by atomic mass is 9.87. The molecule has 13 rings (SSSR count). The molecule has 13 aromatic rings. The molecule has 0 bridgehead atoms. The van der Waals surface area contributed by atoms with Crippen molar-refractivity contribution in [2.75, 3.05) is 0 Å². The monoisotopic (exact) mass is 1140 g/mol. The van der Waals surface area contributed by atoms with Crippen LogP contribution in [0.3, 0.4) is 0 Å². The summed E-state index contributed by atoms with van der Waals surface area (Å²) in [6.45, 7) is 35.3. The lowest BCUT2D eigenvalue weighted by molar-refractivity contribution is 0.590. The van der Waals surface area contributed by atoms with Crippen LogP contribution in [0.1, 0.15) is 82.0 Å². The fraction of sp³-hybridized carbons (Fsp3) is 0.200. The minimum absolute atomic E-state index is 0.285. The van der Waals surface area contributed by atoms with E-state index in [1.165, 1.54) is 126 Å². The maximum atomic E-state index is 2.37. The zero-order valence-electron chi connectivity index (χ0n) is 54.4. The van der Waals surface area contributed by atoms with Crippen LogP contribution >= 0.6 is 0 Å². The molecule has 0 amide bonds. The standard InChI is InChI=1S/2C15H12.C13H12.C11H10.C11H16.C10H16Si.C10H14/c1-11-10-12-6-2-3-8-14(12)15-9-5-4-7-13(11)15;1-11-6-7-13-9-8-12-4-2-3-5-14(12)15(13)10-11;1-11-7-5-6-10-13(11)12-8-3-2-4-9-12;1-9-5-4-7-10-6-2-3-8-11(9)10;2*1-9-5-7-10(8-6-9)11(2,3)4;1-7-5-8(2)10(4)9(3)6-7/h2*2-10H,1H3;2-10H,1H3;2-8H,1H3;2*5-8H,1-4H3;5-6H,1-4H3. The van der Waals surface area contributed by atoms with Crippen LogP contribution in [-0.4, -0.2) is 8.07 Å². The molecule has 0 radical (unpaired) electrons. The van der Waals surface area contributed by atoms with Crippen molar-refractivity contribution in [2.45, 2.75) is 115 Å². The first-order chi connectivity index (χ1) is 41.1. The maximum Gasteiger partial charge on any atom is 0.0775 e. The quantitative estimate of drug-likeness (QED) is 0.120. The van der Waals surface area contributed by atoms with Crippen LogP contribution in [0.15, 0.2) is 267 Å². The number of benzene rings is 13. The molecule has 0 atom stereocenters. The van der Waals surface area contributed by atoms with E-state index >= 15 is 0 Å². The smallest absolute Gasteiger partial charge is 0.0656 e. The lowest BCUT2D eigenvalue weighted by Gasteiger charge is -2.18. The topological polar surface area (TPSA) is 0 Å². The number of fused-ring (bicyclic) bond motifs is 7. The molecule has 0 N–H and O–H groups in total. The molecule has 0 fully saturated rings. The second-order valence-electron chi connectivity index (χ2n) is 25.2. The Kier molecular flexibility index (Phi) is 23.0. The normalized spacial score (nSPS) is 10.8. The van der Waals surface area contributed by atoms with Crippen LogP contribution < -0.4 is 5.19 Å². The van der Waals surface area contributed by atoms with E-state index in [1.807, 2.05) is 6.07 Å². The van der Waals surface area contributed by atoms with Crippen molar-refractivity contribution in [1.82, 2.24) is 0 Å². The van der Waals surface area contributed by atoms with Gasteiger partial charge in [-0.05, 0) is 179 Å². The summed E-state index contributed by atoms with van der Waals surface area (Å²) in [5.41, 5.74) is 17.9. The Morgan fingerprint density at radius 2 is 0.674 bits per heavy atom. The van der Waals surface area contributed by atoms with Gasteiger partial charge in [0, 0.05) is 0 Å². The Morgan fingerprint density at radius 3 is 1.23 bits per heavy atom. The molecule has 0 nitrogen and oxygen atoms in total. The SMILES string of the molecule is Cc1cc(C)c(C)c(C)c1.Cc1cc2ccccc2c2ccccc12.Cc1ccc(C(C)(C)C)cc1.Cc1ccc([Si](C)(C)C)cc1.Cc1ccc2ccc3ccccc3c2c1.Cc1cccc2ccccc12.Cc1ccccc1-c1ccccc1. The fourth-order valence-corrected chi connectivity index (χ4v) is 11.8. The van der Waals surface area contributed by atoms with Crippen molar-refractivity contribution >= 4 is 67.1 Å². The van der Waals surface area contributed by atoms with Crippen molar-refractivity contribution in [3.8, 4) is 11.1 Å². The van der Waals surface area contributed by atoms with Crippen LogP contribution in [0.4, 0.5) is 0 Å². The molecular weight excluding hydrogens is 1050 g/mol. The molecule has 0 heterocycles. The van der Waals surface area contributed by atoms with E-state index in [2.05, 4.69) is 371 Å². The summed E-state index contributed by atoms with van der Waals surface area (Å²) < 4.78 is 0. The highest BCUT2D eigenvalue weighted by atomic mass is 28.3. The van der Waals surface area contributed by atoms with Gasteiger partial charge in [-0.2, -0.15) is 0 Å². The first kappa shape index (κ1) is 64.9. The van der Waals surface area contributed by atoms with Crippen molar-refractivity contribution in [1.29, 1.82) is 0 Å². The van der Waals surface area contributed by atoms with Gasteiger partial charge in [0.1, 0.15) is 0 Å². The van der Waals surface area contributed by atoms with E-state index in [1.54, 1.807) is 5.19 Å².